The molecule has 0 saturated heterocycles. The summed E-state index contributed by atoms with van der Waals surface area (Å²) in [5, 5.41) is 2.53. The van der Waals surface area contributed by atoms with E-state index in [1.165, 1.54) is 78.0 Å². The fourth-order valence-electron chi connectivity index (χ4n) is 9.61. The van der Waals surface area contributed by atoms with E-state index in [2.05, 4.69) is 197 Å². The van der Waals surface area contributed by atoms with Crippen LogP contribution in [0.1, 0.15) is 74.9 Å². The summed E-state index contributed by atoms with van der Waals surface area (Å²) in [7, 11) is 0. The first-order valence-corrected chi connectivity index (χ1v) is 18.3. The molecule has 0 bridgehead atoms. The summed E-state index contributed by atoms with van der Waals surface area (Å²) in [6, 6.07) is 54.3. The van der Waals surface area contributed by atoms with Gasteiger partial charge in [-0.05, 0) is 91.7 Å². The molecular weight excluding hydrogens is 617 g/mol. The van der Waals surface area contributed by atoms with Crippen LogP contribution in [0.25, 0.3) is 21.9 Å². The maximum Gasteiger partial charge on any atom is 0.0545 e. The Bertz CT molecular complexity index is 2480. The van der Waals surface area contributed by atoms with Crippen molar-refractivity contribution in [2.45, 2.75) is 57.8 Å². The average Bonchev–Trinajstić information content (AvgIpc) is 3.14. The number of rotatable bonds is 4. The molecule has 0 unspecified atom stereocenters. The summed E-state index contributed by atoms with van der Waals surface area (Å²) in [5.74, 6) is 0. The fourth-order valence-corrected chi connectivity index (χ4v) is 9.61. The zero-order valence-electron chi connectivity index (χ0n) is 30.3. The first kappa shape index (κ1) is 30.2. The van der Waals surface area contributed by atoms with Crippen LogP contribution in [0.4, 0.5) is 34.1 Å². The second-order valence-corrected chi connectivity index (χ2v) is 16.3. The van der Waals surface area contributed by atoms with Crippen molar-refractivity contribution in [1.29, 1.82) is 0 Å². The minimum absolute atomic E-state index is 0.104. The number of hydrogen-bond acceptors (Lipinski definition) is 2. The topological polar surface area (TPSA) is 6.48 Å². The van der Waals surface area contributed by atoms with Gasteiger partial charge < -0.3 is 9.80 Å². The first-order valence-electron chi connectivity index (χ1n) is 18.3. The fraction of sp³-hybridized carbons (Fsp3) is 0.184. The molecule has 2 heteroatoms. The van der Waals surface area contributed by atoms with Crippen LogP contribution in [0.15, 0.2) is 146 Å². The summed E-state index contributed by atoms with van der Waals surface area (Å²) in [6.07, 6.45) is 0. The van der Waals surface area contributed by atoms with E-state index in [1.807, 2.05) is 0 Å². The van der Waals surface area contributed by atoms with Crippen molar-refractivity contribution in [2.75, 3.05) is 9.80 Å². The van der Waals surface area contributed by atoms with Crippen LogP contribution in [0.2, 0.25) is 0 Å². The number of para-hydroxylation sites is 3. The molecule has 0 saturated carbocycles. The van der Waals surface area contributed by atoms with Gasteiger partial charge in [0.05, 0.1) is 17.1 Å². The van der Waals surface area contributed by atoms with Crippen molar-refractivity contribution in [3.8, 4) is 11.1 Å². The second kappa shape index (κ2) is 10.2. The molecule has 3 aliphatic heterocycles. The lowest BCUT2D eigenvalue weighted by Gasteiger charge is -2.55. The van der Waals surface area contributed by atoms with Gasteiger partial charge in [0.1, 0.15) is 0 Å². The van der Waals surface area contributed by atoms with Crippen molar-refractivity contribution in [1.82, 2.24) is 0 Å². The summed E-state index contributed by atoms with van der Waals surface area (Å²) < 4.78 is 0. The van der Waals surface area contributed by atoms with Gasteiger partial charge in [0.2, 0.25) is 0 Å². The lowest BCUT2D eigenvalue weighted by atomic mass is 9.61. The van der Waals surface area contributed by atoms with E-state index in [0.29, 0.717) is 0 Å². The van der Waals surface area contributed by atoms with Gasteiger partial charge in [-0.15, -0.1) is 0 Å². The quantitative estimate of drug-likeness (QED) is 0.186. The Balaban J connectivity index is 1.25. The highest BCUT2D eigenvalue weighted by atomic mass is 15.2. The van der Waals surface area contributed by atoms with Crippen molar-refractivity contribution >= 4 is 44.9 Å². The number of hydrogen-bond donors (Lipinski definition) is 0. The van der Waals surface area contributed by atoms with Gasteiger partial charge >= 0.3 is 0 Å². The molecule has 0 radical (unpaired) electrons. The normalized spacial score (nSPS) is 16.5. The molecule has 51 heavy (non-hydrogen) atoms. The second-order valence-electron chi connectivity index (χ2n) is 16.3. The summed E-state index contributed by atoms with van der Waals surface area (Å²) in [4.78, 5) is 5.12. The highest BCUT2D eigenvalue weighted by Gasteiger charge is 2.51. The maximum atomic E-state index is 2.65. The molecule has 2 nitrogen and oxygen atoms in total. The van der Waals surface area contributed by atoms with Gasteiger partial charge in [0.25, 0.3) is 0 Å². The lowest BCUT2D eigenvalue weighted by Crippen LogP contribution is -2.43. The van der Waals surface area contributed by atoms with Gasteiger partial charge in [0, 0.05) is 33.3 Å². The number of nitrogens with zero attached hydrogens (tertiary/aromatic N) is 2. The number of anilines is 6. The van der Waals surface area contributed by atoms with Gasteiger partial charge in [0.15, 0.2) is 0 Å². The van der Waals surface area contributed by atoms with Crippen LogP contribution < -0.4 is 9.80 Å². The third-order valence-corrected chi connectivity index (χ3v) is 12.4. The molecule has 0 N–H and O–H groups in total. The monoisotopic (exact) mass is 658 g/mol. The molecule has 0 amide bonds. The predicted molar refractivity (Wildman–Crippen MR) is 215 cm³/mol. The van der Waals surface area contributed by atoms with Gasteiger partial charge in [-0.3, -0.25) is 0 Å². The molecule has 7 aromatic carbocycles. The van der Waals surface area contributed by atoms with Crippen LogP contribution in [0, 0.1) is 0 Å². The Morgan fingerprint density at radius 1 is 0.392 bits per heavy atom. The Morgan fingerprint density at radius 3 is 1.49 bits per heavy atom. The molecule has 0 spiro atoms. The van der Waals surface area contributed by atoms with E-state index < -0.39 is 0 Å². The summed E-state index contributed by atoms with van der Waals surface area (Å²) >= 11 is 0. The summed E-state index contributed by atoms with van der Waals surface area (Å²) in [5.41, 5.74) is 17.9. The van der Waals surface area contributed by atoms with Gasteiger partial charge in [-0.1, -0.05) is 151 Å². The van der Waals surface area contributed by atoms with E-state index in [1.54, 1.807) is 0 Å². The summed E-state index contributed by atoms with van der Waals surface area (Å²) in [6.45, 7) is 14.6. The molecule has 0 fully saturated rings. The maximum absolute atomic E-state index is 2.65. The van der Waals surface area contributed by atoms with E-state index in [4.69, 9.17) is 0 Å². The highest BCUT2D eigenvalue weighted by Crippen LogP contribution is 2.66. The van der Waals surface area contributed by atoms with Crippen molar-refractivity contribution in [2.24, 2.45) is 0 Å². The molecule has 3 aliphatic rings. The van der Waals surface area contributed by atoms with Crippen molar-refractivity contribution < 1.29 is 0 Å². The molecule has 10 rings (SSSR count). The van der Waals surface area contributed by atoms with E-state index in [0.717, 1.165) is 11.4 Å². The zero-order chi connectivity index (χ0) is 34.9. The van der Waals surface area contributed by atoms with Crippen LogP contribution in [-0.2, 0) is 16.2 Å². The van der Waals surface area contributed by atoms with Gasteiger partial charge in [-0.25, -0.2) is 0 Å². The van der Waals surface area contributed by atoms with E-state index in [9.17, 15) is 0 Å². The smallest absolute Gasteiger partial charge is 0.0545 e. The largest absolute Gasteiger partial charge is 0.310 e. The van der Waals surface area contributed by atoms with E-state index >= 15 is 0 Å². The van der Waals surface area contributed by atoms with E-state index in [-0.39, 0.29) is 16.2 Å². The Hall–Kier alpha value is -5.60. The molecule has 7 aromatic rings. The molecule has 0 atom stereocenters. The molecular formula is C49H42N2. The minimum atomic E-state index is -0.217. The minimum Gasteiger partial charge on any atom is -0.310 e. The molecule has 0 aromatic heterocycles. The molecule has 0 aliphatic carbocycles. The van der Waals surface area contributed by atoms with Crippen molar-refractivity contribution in [3.63, 3.8) is 0 Å². The third kappa shape index (κ3) is 3.99. The third-order valence-electron chi connectivity index (χ3n) is 12.4. The first-order chi connectivity index (χ1) is 24.6. The average molecular weight is 659 g/mol. The van der Waals surface area contributed by atoms with Crippen molar-refractivity contribution in [3.05, 3.63) is 179 Å². The van der Waals surface area contributed by atoms with Crippen LogP contribution >= 0.6 is 0 Å². The number of fused-ring (bicyclic) bond motifs is 1. The predicted octanol–water partition coefficient (Wildman–Crippen LogP) is 13.4. The Morgan fingerprint density at radius 2 is 0.863 bits per heavy atom. The molecule has 248 valence electrons. The SMILES string of the molecule is CC1(C)c2cccc3c2N2c4c1cccc4C(C)(C)c1cc(N(c4ccccc4)c4cccc(-c5cccc6ccccc56)c4)cc(c12)C3(C)C. The number of benzene rings is 7. The standard InChI is InChI=1S/C49H42N2/c1-47(2)38-24-14-26-40-44(38)51-45-39(47)25-15-27-41(45)49(5,6)43-30-35(29-42(46(43)51)48(40,3)4)50(33-19-8-7-9-20-33)34-21-12-18-32(28-34)37-23-13-17-31-16-10-11-22-36(31)37/h7-30H,1-6H3. The lowest BCUT2D eigenvalue weighted by molar-refractivity contribution is 0.566. The van der Waals surface area contributed by atoms with Crippen LogP contribution in [0.3, 0.4) is 0 Å². The van der Waals surface area contributed by atoms with Crippen LogP contribution in [0.5, 0.6) is 0 Å². The highest BCUT2D eigenvalue weighted by molar-refractivity contribution is 6.00. The molecule has 3 heterocycles. The van der Waals surface area contributed by atoms with Gasteiger partial charge in [-0.2, -0.15) is 0 Å². The zero-order valence-corrected chi connectivity index (χ0v) is 30.3. The van der Waals surface area contributed by atoms with Crippen LogP contribution in [-0.4, -0.2) is 0 Å². The Kier molecular flexibility index (Phi) is 6.07. The Labute approximate surface area is 301 Å².